The van der Waals surface area contributed by atoms with Crippen molar-refractivity contribution in [2.24, 2.45) is 11.7 Å². The molecule has 0 spiro atoms. The van der Waals surface area contributed by atoms with Gasteiger partial charge in [0, 0.05) is 5.39 Å². The van der Waals surface area contributed by atoms with E-state index in [0.717, 1.165) is 11.0 Å². The molecule has 98 valence electrons. The molecule has 5 heteroatoms. The van der Waals surface area contributed by atoms with Crippen molar-refractivity contribution in [2.75, 3.05) is 0 Å². The van der Waals surface area contributed by atoms with Crippen molar-refractivity contribution in [3.63, 3.8) is 0 Å². The van der Waals surface area contributed by atoms with E-state index in [-0.39, 0.29) is 12.0 Å². The van der Waals surface area contributed by atoms with Crippen LogP contribution in [0.5, 0.6) is 0 Å². The second-order valence-corrected chi connectivity index (χ2v) is 4.87. The predicted molar refractivity (Wildman–Crippen MR) is 71.3 cm³/mol. The van der Waals surface area contributed by atoms with Crippen LogP contribution in [0.15, 0.2) is 39.3 Å². The first-order valence-corrected chi connectivity index (χ1v) is 6.23. The summed E-state index contributed by atoms with van der Waals surface area (Å²) in [5, 5.41) is 4.94. The number of hydrogen-bond acceptors (Lipinski definition) is 5. The third-order valence-electron chi connectivity index (χ3n) is 3.09. The van der Waals surface area contributed by atoms with E-state index in [1.807, 2.05) is 44.2 Å². The van der Waals surface area contributed by atoms with Crippen molar-refractivity contribution in [3.05, 3.63) is 36.2 Å². The van der Waals surface area contributed by atoms with E-state index >= 15 is 0 Å². The highest BCUT2D eigenvalue weighted by molar-refractivity contribution is 5.81. The van der Waals surface area contributed by atoms with Gasteiger partial charge >= 0.3 is 0 Å². The van der Waals surface area contributed by atoms with Crippen LogP contribution in [0.25, 0.3) is 22.6 Å². The summed E-state index contributed by atoms with van der Waals surface area (Å²) >= 11 is 0. The van der Waals surface area contributed by atoms with Gasteiger partial charge in [0.15, 0.2) is 5.76 Å². The first-order valence-electron chi connectivity index (χ1n) is 6.23. The molecule has 5 nitrogen and oxygen atoms in total. The molecular formula is C14H15N3O2. The summed E-state index contributed by atoms with van der Waals surface area (Å²) in [7, 11) is 0. The number of benzene rings is 1. The number of nitrogens with two attached hydrogens (primary N) is 1. The van der Waals surface area contributed by atoms with Crippen LogP contribution in [0, 0.1) is 5.92 Å². The maximum Gasteiger partial charge on any atom is 0.244 e. The summed E-state index contributed by atoms with van der Waals surface area (Å²) < 4.78 is 10.9. The molecule has 19 heavy (non-hydrogen) atoms. The highest BCUT2D eigenvalue weighted by Crippen LogP contribution is 2.27. The number of hydrogen-bond donors (Lipinski definition) is 1. The van der Waals surface area contributed by atoms with Gasteiger partial charge in [0.2, 0.25) is 11.7 Å². The van der Waals surface area contributed by atoms with Crippen LogP contribution in [-0.2, 0) is 0 Å². The standard InChI is InChI=1S/C14H15N3O2/c1-8(2)12(15)14-16-13(17-19-14)11-7-9-5-3-4-6-10(9)18-11/h3-8,12H,15H2,1-2H3/t12-/m1/s1. The third kappa shape index (κ3) is 2.13. The Bertz CT molecular complexity index is 666. The van der Waals surface area contributed by atoms with Gasteiger partial charge in [-0.25, -0.2) is 0 Å². The molecule has 3 aromatic rings. The molecule has 0 saturated carbocycles. The van der Waals surface area contributed by atoms with Crippen molar-refractivity contribution < 1.29 is 8.94 Å². The normalized spacial score (nSPS) is 13.3. The molecule has 2 aromatic heterocycles. The third-order valence-corrected chi connectivity index (χ3v) is 3.09. The minimum absolute atomic E-state index is 0.240. The molecule has 2 heterocycles. The van der Waals surface area contributed by atoms with Crippen LogP contribution in [0.2, 0.25) is 0 Å². The van der Waals surface area contributed by atoms with Crippen LogP contribution < -0.4 is 5.73 Å². The molecule has 1 atom stereocenters. The minimum atomic E-state index is -0.259. The van der Waals surface area contributed by atoms with Gasteiger partial charge in [-0.3, -0.25) is 0 Å². The van der Waals surface area contributed by atoms with Crippen molar-refractivity contribution in [1.82, 2.24) is 10.1 Å². The molecule has 0 radical (unpaired) electrons. The minimum Gasteiger partial charge on any atom is -0.453 e. The fourth-order valence-electron chi connectivity index (χ4n) is 1.85. The highest BCUT2D eigenvalue weighted by atomic mass is 16.5. The molecule has 1 aromatic carbocycles. The maximum absolute atomic E-state index is 5.98. The van der Waals surface area contributed by atoms with E-state index in [1.165, 1.54) is 0 Å². The van der Waals surface area contributed by atoms with Crippen molar-refractivity contribution in [3.8, 4) is 11.6 Å². The molecule has 0 aliphatic heterocycles. The summed E-state index contributed by atoms with van der Waals surface area (Å²) in [5.74, 6) is 1.70. The SMILES string of the molecule is CC(C)[C@@H](N)c1nc(-c2cc3ccccc3o2)no1. The number of rotatable bonds is 3. The summed E-state index contributed by atoms with van der Waals surface area (Å²) in [6.45, 7) is 4.02. The zero-order valence-corrected chi connectivity index (χ0v) is 10.8. The van der Waals surface area contributed by atoms with Crippen molar-refractivity contribution in [1.29, 1.82) is 0 Å². The van der Waals surface area contributed by atoms with E-state index in [2.05, 4.69) is 10.1 Å². The smallest absolute Gasteiger partial charge is 0.244 e. The lowest BCUT2D eigenvalue weighted by atomic mass is 10.1. The van der Waals surface area contributed by atoms with Gasteiger partial charge in [-0.15, -0.1) is 0 Å². The predicted octanol–water partition coefficient (Wildman–Crippen LogP) is 3.14. The molecule has 0 saturated heterocycles. The molecule has 2 N–H and O–H groups in total. The van der Waals surface area contributed by atoms with Crippen LogP contribution >= 0.6 is 0 Å². The molecule has 0 unspecified atom stereocenters. The molecule has 0 aliphatic rings. The molecular weight excluding hydrogens is 242 g/mol. The lowest BCUT2D eigenvalue weighted by molar-refractivity contribution is 0.324. The van der Waals surface area contributed by atoms with Gasteiger partial charge in [-0.2, -0.15) is 4.98 Å². The Morgan fingerprint density at radius 2 is 2.00 bits per heavy atom. The zero-order valence-electron chi connectivity index (χ0n) is 10.8. The average molecular weight is 257 g/mol. The van der Waals surface area contributed by atoms with E-state index in [0.29, 0.717) is 17.5 Å². The fourth-order valence-corrected chi connectivity index (χ4v) is 1.85. The molecule has 0 aliphatic carbocycles. The summed E-state index contributed by atoms with van der Waals surface area (Å²) in [4.78, 5) is 4.30. The summed E-state index contributed by atoms with van der Waals surface area (Å²) in [5.41, 5.74) is 6.78. The van der Waals surface area contributed by atoms with Crippen molar-refractivity contribution >= 4 is 11.0 Å². The van der Waals surface area contributed by atoms with Gasteiger partial charge in [0.25, 0.3) is 0 Å². The Kier molecular flexibility index (Phi) is 2.83. The number of fused-ring (bicyclic) bond motifs is 1. The van der Waals surface area contributed by atoms with Gasteiger partial charge in [-0.05, 0) is 18.1 Å². The Hall–Kier alpha value is -2.14. The number of aromatic nitrogens is 2. The lowest BCUT2D eigenvalue weighted by Crippen LogP contribution is -2.16. The van der Waals surface area contributed by atoms with Crippen molar-refractivity contribution in [2.45, 2.75) is 19.9 Å². The summed E-state index contributed by atoms with van der Waals surface area (Å²) in [6.07, 6.45) is 0. The molecule has 0 bridgehead atoms. The lowest BCUT2D eigenvalue weighted by Gasteiger charge is -2.08. The quantitative estimate of drug-likeness (QED) is 0.779. The van der Waals surface area contributed by atoms with Gasteiger partial charge in [-0.1, -0.05) is 37.2 Å². The Balaban J connectivity index is 1.98. The Labute approximate surface area is 110 Å². The molecule has 3 rings (SSSR count). The van der Waals surface area contributed by atoms with Gasteiger partial charge in [0.05, 0.1) is 6.04 Å². The topological polar surface area (TPSA) is 78.1 Å². The first kappa shape index (κ1) is 11.9. The number of para-hydroxylation sites is 1. The molecule has 0 fully saturated rings. The second-order valence-electron chi connectivity index (χ2n) is 4.87. The maximum atomic E-state index is 5.98. The van der Waals surface area contributed by atoms with E-state index < -0.39 is 0 Å². The van der Waals surface area contributed by atoms with Crippen LogP contribution in [0.4, 0.5) is 0 Å². The van der Waals surface area contributed by atoms with Crippen LogP contribution in [0.3, 0.4) is 0 Å². The first-order chi connectivity index (χ1) is 9.15. The monoisotopic (exact) mass is 257 g/mol. The van der Waals surface area contributed by atoms with Crippen LogP contribution in [0.1, 0.15) is 25.8 Å². The average Bonchev–Trinajstić information content (AvgIpc) is 3.03. The van der Waals surface area contributed by atoms with E-state index in [9.17, 15) is 0 Å². The number of nitrogens with zero attached hydrogens (tertiary/aromatic N) is 2. The van der Waals surface area contributed by atoms with E-state index in [4.69, 9.17) is 14.7 Å². The summed E-state index contributed by atoms with van der Waals surface area (Å²) in [6, 6.07) is 9.39. The van der Waals surface area contributed by atoms with E-state index in [1.54, 1.807) is 0 Å². The number of furan rings is 1. The largest absolute Gasteiger partial charge is 0.453 e. The second kappa shape index (κ2) is 4.51. The fraction of sp³-hybridized carbons (Fsp3) is 0.286. The molecule has 0 amide bonds. The van der Waals surface area contributed by atoms with Gasteiger partial charge < -0.3 is 14.7 Å². The Morgan fingerprint density at radius 1 is 1.21 bits per heavy atom. The van der Waals surface area contributed by atoms with Gasteiger partial charge in [0.1, 0.15) is 5.58 Å². The highest BCUT2D eigenvalue weighted by Gasteiger charge is 2.20. The zero-order chi connectivity index (χ0) is 13.4. The van der Waals surface area contributed by atoms with Crippen LogP contribution in [-0.4, -0.2) is 10.1 Å². The Morgan fingerprint density at radius 3 is 2.74 bits per heavy atom.